The molecule has 22 heavy (non-hydrogen) atoms. The van der Waals surface area contributed by atoms with Gasteiger partial charge >= 0.3 is 11.9 Å². The van der Waals surface area contributed by atoms with Crippen molar-refractivity contribution in [1.82, 2.24) is 9.88 Å². The topological polar surface area (TPSA) is 91.6 Å². The number of rotatable bonds is 0. The van der Waals surface area contributed by atoms with E-state index in [0.29, 0.717) is 6.04 Å². The van der Waals surface area contributed by atoms with E-state index in [9.17, 15) is 0 Å². The fraction of sp³-hybridized carbons (Fsp3) is 0.375. The van der Waals surface area contributed by atoms with Crippen molar-refractivity contribution >= 4 is 22.8 Å². The number of fused-ring (bicyclic) bond motifs is 3. The first-order valence-corrected chi connectivity index (χ1v) is 7.10. The van der Waals surface area contributed by atoms with Crippen LogP contribution in [0.5, 0.6) is 0 Å². The number of carboxylic acids is 2. The van der Waals surface area contributed by atoms with Crippen LogP contribution in [0.4, 0.5) is 0 Å². The molecule has 1 aliphatic rings. The summed E-state index contributed by atoms with van der Waals surface area (Å²) in [5, 5.41) is 19.7. The van der Waals surface area contributed by atoms with Crippen molar-refractivity contribution in [1.29, 1.82) is 0 Å². The van der Waals surface area contributed by atoms with Crippen LogP contribution in [0.25, 0.3) is 10.9 Å². The third kappa shape index (κ3) is 2.82. The summed E-state index contributed by atoms with van der Waals surface area (Å²) in [4.78, 5) is 18.2. The predicted molar refractivity (Wildman–Crippen MR) is 83.1 cm³/mol. The summed E-state index contributed by atoms with van der Waals surface area (Å²) >= 11 is 0. The van der Waals surface area contributed by atoms with E-state index in [1.54, 1.807) is 0 Å². The van der Waals surface area contributed by atoms with E-state index in [1.807, 2.05) is 0 Å². The van der Waals surface area contributed by atoms with Crippen molar-refractivity contribution < 1.29 is 19.8 Å². The molecule has 0 bridgehead atoms. The zero-order chi connectivity index (χ0) is 16.4. The van der Waals surface area contributed by atoms with E-state index in [-0.39, 0.29) is 0 Å². The van der Waals surface area contributed by atoms with Gasteiger partial charge in [0.25, 0.3) is 0 Å². The molecule has 0 aliphatic carbocycles. The summed E-state index contributed by atoms with van der Waals surface area (Å²) in [7, 11) is 0. The van der Waals surface area contributed by atoms with Gasteiger partial charge in [-0.25, -0.2) is 9.59 Å². The molecule has 3 rings (SSSR count). The molecule has 1 unspecified atom stereocenters. The summed E-state index contributed by atoms with van der Waals surface area (Å²) in [6.07, 6.45) is 0. The van der Waals surface area contributed by atoms with Gasteiger partial charge in [-0.3, -0.25) is 0 Å². The van der Waals surface area contributed by atoms with Gasteiger partial charge in [-0.05, 0) is 31.9 Å². The van der Waals surface area contributed by atoms with Crippen molar-refractivity contribution in [2.45, 2.75) is 33.4 Å². The van der Waals surface area contributed by atoms with Crippen molar-refractivity contribution in [2.75, 3.05) is 6.54 Å². The van der Waals surface area contributed by atoms with Gasteiger partial charge in [0.15, 0.2) is 0 Å². The molecule has 0 spiro atoms. The predicted octanol–water partition coefficient (Wildman–Crippen LogP) is 2.08. The normalized spacial score (nSPS) is 16.6. The van der Waals surface area contributed by atoms with E-state index in [1.165, 1.54) is 27.7 Å². The van der Waals surface area contributed by atoms with Gasteiger partial charge in [-0.15, -0.1) is 0 Å². The number of benzene rings is 1. The summed E-state index contributed by atoms with van der Waals surface area (Å²) in [5.41, 5.74) is 5.73. The van der Waals surface area contributed by atoms with E-state index < -0.39 is 11.9 Å². The highest BCUT2D eigenvalue weighted by molar-refractivity contribution is 6.27. The Morgan fingerprint density at radius 3 is 2.45 bits per heavy atom. The van der Waals surface area contributed by atoms with Crippen LogP contribution in [0.3, 0.4) is 0 Å². The fourth-order valence-corrected chi connectivity index (χ4v) is 2.95. The highest BCUT2D eigenvalue weighted by Gasteiger charge is 2.22. The number of aryl methyl sites for hydroxylation is 2. The molecule has 2 heterocycles. The van der Waals surface area contributed by atoms with Crippen LogP contribution in [0.2, 0.25) is 0 Å². The molecule has 6 nitrogen and oxygen atoms in total. The summed E-state index contributed by atoms with van der Waals surface area (Å²) in [6, 6.07) is 7.18. The van der Waals surface area contributed by atoms with Crippen molar-refractivity contribution in [3.63, 3.8) is 0 Å². The number of hydrogen-bond donors (Lipinski definition) is 3. The van der Waals surface area contributed by atoms with Crippen LogP contribution in [-0.2, 0) is 16.1 Å². The van der Waals surface area contributed by atoms with Gasteiger partial charge in [0.2, 0.25) is 0 Å². The van der Waals surface area contributed by atoms with Crippen molar-refractivity contribution in [3.05, 3.63) is 35.0 Å². The first-order chi connectivity index (χ1) is 10.3. The molecule has 1 atom stereocenters. The van der Waals surface area contributed by atoms with E-state index in [0.717, 1.165) is 13.1 Å². The second-order valence-corrected chi connectivity index (χ2v) is 5.50. The number of carbonyl (C=O) groups is 2. The van der Waals surface area contributed by atoms with Gasteiger partial charge in [-0.2, -0.15) is 0 Å². The van der Waals surface area contributed by atoms with Gasteiger partial charge in [0.05, 0.1) is 5.52 Å². The molecule has 0 amide bonds. The molecule has 0 fully saturated rings. The minimum atomic E-state index is -1.82. The van der Waals surface area contributed by atoms with Crippen molar-refractivity contribution in [2.24, 2.45) is 0 Å². The lowest BCUT2D eigenvalue weighted by Crippen LogP contribution is -2.31. The van der Waals surface area contributed by atoms with Crippen LogP contribution >= 0.6 is 0 Å². The van der Waals surface area contributed by atoms with Crippen LogP contribution in [-0.4, -0.2) is 33.3 Å². The maximum Gasteiger partial charge on any atom is 0.414 e. The van der Waals surface area contributed by atoms with Crippen LogP contribution in [0.1, 0.15) is 29.8 Å². The average Bonchev–Trinajstić information content (AvgIpc) is 2.76. The number of aliphatic carboxylic acids is 2. The van der Waals surface area contributed by atoms with Crippen LogP contribution in [0, 0.1) is 13.8 Å². The second kappa shape index (κ2) is 6.19. The van der Waals surface area contributed by atoms with E-state index in [2.05, 4.69) is 48.9 Å². The number of para-hydroxylation sites is 1. The quantitative estimate of drug-likeness (QED) is 0.648. The highest BCUT2D eigenvalue weighted by Crippen LogP contribution is 2.32. The van der Waals surface area contributed by atoms with E-state index in [4.69, 9.17) is 19.8 Å². The standard InChI is InChI=1S/C14H18N2.C2H2O4/c1-9-5-4-6-12-11(3)13-8-15-7-10(2)16(13)14(9)12;3-1(4)2(5)6/h4-6,10,15H,7-8H2,1-3H3;(H,3,4)(H,5,6). The maximum atomic E-state index is 9.10. The zero-order valence-electron chi connectivity index (χ0n) is 12.9. The first kappa shape index (κ1) is 16.0. The Balaban J connectivity index is 0.000000254. The highest BCUT2D eigenvalue weighted by atomic mass is 16.4. The third-order valence-corrected chi connectivity index (χ3v) is 3.96. The molecule has 3 N–H and O–H groups in total. The smallest absolute Gasteiger partial charge is 0.414 e. The van der Waals surface area contributed by atoms with E-state index >= 15 is 0 Å². The van der Waals surface area contributed by atoms with Gasteiger partial charge in [0.1, 0.15) is 0 Å². The Kier molecular flexibility index (Phi) is 4.51. The number of hydrogen-bond acceptors (Lipinski definition) is 3. The minimum absolute atomic E-state index is 0.557. The molecule has 118 valence electrons. The van der Waals surface area contributed by atoms with Crippen LogP contribution in [0.15, 0.2) is 18.2 Å². The number of carboxylic acid groups (broad SMARTS) is 2. The largest absolute Gasteiger partial charge is 0.473 e. The summed E-state index contributed by atoms with van der Waals surface area (Å²) in [5.74, 6) is -3.65. The zero-order valence-corrected chi connectivity index (χ0v) is 12.9. The Hall–Kier alpha value is -2.34. The molecule has 0 radical (unpaired) electrons. The maximum absolute atomic E-state index is 9.10. The lowest BCUT2D eigenvalue weighted by Gasteiger charge is -2.25. The number of nitrogens with one attached hydrogen (secondary N) is 1. The Morgan fingerprint density at radius 1 is 1.23 bits per heavy atom. The van der Waals surface area contributed by atoms with Crippen molar-refractivity contribution in [3.8, 4) is 0 Å². The molecule has 6 heteroatoms. The monoisotopic (exact) mass is 304 g/mol. The lowest BCUT2D eigenvalue weighted by atomic mass is 10.1. The molecule has 1 aliphatic heterocycles. The van der Waals surface area contributed by atoms with Gasteiger partial charge in [-0.1, -0.05) is 18.2 Å². The van der Waals surface area contributed by atoms with Crippen LogP contribution < -0.4 is 5.32 Å². The minimum Gasteiger partial charge on any atom is -0.473 e. The third-order valence-electron chi connectivity index (χ3n) is 3.96. The fourth-order valence-electron chi connectivity index (χ4n) is 2.95. The summed E-state index contributed by atoms with van der Waals surface area (Å²) in [6.45, 7) is 8.83. The Morgan fingerprint density at radius 2 is 1.86 bits per heavy atom. The molecule has 0 saturated heterocycles. The molecule has 1 aromatic heterocycles. The molecule has 1 aromatic carbocycles. The second-order valence-electron chi connectivity index (χ2n) is 5.50. The Bertz CT molecular complexity index is 721. The Labute approximate surface area is 128 Å². The number of nitrogens with zero attached hydrogens (tertiary/aromatic N) is 1. The first-order valence-electron chi connectivity index (χ1n) is 7.10. The molecular formula is C16H20N2O4. The molecule has 0 saturated carbocycles. The van der Waals surface area contributed by atoms with Gasteiger partial charge in [0, 0.05) is 30.2 Å². The van der Waals surface area contributed by atoms with Gasteiger partial charge < -0.3 is 20.1 Å². The average molecular weight is 304 g/mol. The summed E-state index contributed by atoms with van der Waals surface area (Å²) < 4.78 is 2.52. The number of aromatic nitrogens is 1. The molecular weight excluding hydrogens is 284 g/mol. The lowest BCUT2D eigenvalue weighted by molar-refractivity contribution is -0.159. The molecule has 2 aromatic rings. The SMILES string of the molecule is Cc1c2n(c3c(C)cccc13)C(C)CNC2.O=C(O)C(=O)O.